The van der Waals surface area contributed by atoms with E-state index in [2.05, 4.69) is 11.8 Å². The zero-order valence-corrected chi connectivity index (χ0v) is 22.2. The van der Waals surface area contributed by atoms with Crippen LogP contribution < -0.4 is 9.64 Å². The highest BCUT2D eigenvalue weighted by atomic mass is 35.5. The molecule has 0 atom stereocenters. The van der Waals surface area contributed by atoms with Crippen LogP contribution in [0.15, 0.2) is 41.3 Å². The van der Waals surface area contributed by atoms with Crippen LogP contribution >= 0.6 is 11.6 Å². The van der Waals surface area contributed by atoms with Crippen LogP contribution in [0, 0.1) is 19.8 Å². The number of piperidine rings is 1. The lowest BCUT2D eigenvalue weighted by molar-refractivity contribution is -0.137. The summed E-state index contributed by atoms with van der Waals surface area (Å²) < 4.78 is 33.4. The molecule has 0 unspecified atom stereocenters. The maximum atomic E-state index is 13.2. The molecule has 7 nitrogen and oxygen atoms in total. The van der Waals surface area contributed by atoms with E-state index in [1.807, 2.05) is 36.9 Å². The lowest BCUT2D eigenvalue weighted by Gasteiger charge is -2.39. The van der Waals surface area contributed by atoms with E-state index >= 15 is 0 Å². The fraction of sp³-hybridized carbons (Fsp3) is 0.500. The van der Waals surface area contributed by atoms with Crippen molar-refractivity contribution in [1.82, 2.24) is 9.21 Å². The van der Waals surface area contributed by atoms with Crippen LogP contribution in [0.25, 0.3) is 0 Å². The minimum Gasteiger partial charge on any atom is -0.494 e. The smallest absolute Gasteiger partial charge is 0.243 e. The third-order valence-electron chi connectivity index (χ3n) is 6.99. The Hall–Kier alpha value is -2.29. The van der Waals surface area contributed by atoms with Crippen molar-refractivity contribution in [3.05, 3.63) is 52.5 Å². The van der Waals surface area contributed by atoms with Gasteiger partial charge in [-0.15, -0.1) is 0 Å². The minimum atomic E-state index is -3.60. The van der Waals surface area contributed by atoms with Gasteiger partial charge >= 0.3 is 0 Å². The molecule has 35 heavy (non-hydrogen) atoms. The van der Waals surface area contributed by atoms with Gasteiger partial charge in [0.05, 0.1) is 11.5 Å². The summed E-state index contributed by atoms with van der Waals surface area (Å²) in [5.41, 5.74) is 3.09. The molecule has 2 heterocycles. The standard InChI is InChI=1S/C26H34ClN3O4S/c1-4-34-25-8-7-23(17-20(25)3)35(32,33)30-11-9-21(10-12-30)26(31)29-15-13-28(14-16-29)24-18-22(27)6-5-19(24)2/h5-8,17-18,21H,4,9-16H2,1-3H3. The van der Waals surface area contributed by atoms with Gasteiger partial charge in [0.1, 0.15) is 5.75 Å². The average Bonchev–Trinajstić information content (AvgIpc) is 2.86. The summed E-state index contributed by atoms with van der Waals surface area (Å²) in [5.74, 6) is 0.700. The number of carbonyl (C=O) groups is 1. The fourth-order valence-corrected chi connectivity index (χ4v) is 6.66. The third-order valence-corrected chi connectivity index (χ3v) is 9.12. The van der Waals surface area contributed by atoms with Crippen LogP contribution in [0.5, 0.6) is 5.75 Å². The second kappa shape index (κ2) is 10.8. The number of benzene rings is 2. The van der Waals surface area contributed by atoms with E-state index in [0.717, 1.165) is 24.3 Å². The van der Waals surface area contributed by atoms with Gasteiger partial charge in [-0.1, -0.05) is 17.7 Å². The Morgan fingerprint density at radius 3 is 2.29 bits per heavy atom. The Morgan fingerprint density at radius 2 is 1.66 bits per heavy atom. The molecule has 2 aromatic carbocycles. The summed E-state index contributed by atoms with van der Waals surface area (Å²) in [5, 5.41) is 0.714. The van der Waals surface area contributed by atoms with E-state index in [0.29, 0.717) is 56.4 Å². The summed E-state index contributed by atoms with van der Waals surface area (Å²) in [6, 6.07) is 10.9. The molecule has 0 spiro atoms. The quantitative estimate of drug-likeness (QED) is 0.574. The number of anilines is 1. The molecule has 2 aromatic rings. The number of rotatable bonds is 6. The van der Waals surface area contributed by atoms with Crippen molar-refractivity contribution in [3.63, 3.8) is 0 Å². The molecule has 0 saturated carbocycles. The van der Waals surface area contributed by atoms with Crippen molar-refractivity contribution < 1.29 is 17.9 Å². The van der Waals surface area contributed by atoms with Crippen molar-refractivity contribution in [1.29, 1.82) is 0 Å². The van der Waals surface area contributed by atoms with Crippen molar-refractivity contribution >= 4 is 33.2 Å². The predicted octanol–water partition coefficient (Wildman–Crippen LogP) is 4.11. The van der Waals surface area contributed by atoms with Crippen molar-refractivity contribution in [3.8, 4) is 5.75 Å². The molecule has 9 heteroatoms. The molecule has 2 fully saturated rings. The number of hydrogen-bond donors (Lipinski definition) is 0. The Bertz CT molecular complexity index is 1170. The van der Waals surface area contributed by atoms with E-state index < -0.39 is 10.0 Å². The van der Waals surface area contributed by atoms with Gasteiger partial charge in [0.25, 0.3) is 0 Å². The van der Waals surface area contributed by atoms with Gasteiger partial charge in [0, 0.05) is 55.9 Å². The van der Waals surface area contributed by atoms with Crippen LogP contribution in [0.3, 0.4) is 0 Å². The van der Waals surface area contributed by atoms with Gasteiger partial charge in [-0.25, -0.2) is 8.42 Å². The molecule has 4 rings (SSSR count). The summed E-state index contributed by atoms with van der Waals surface area (Å²) >= 11 is 6.18. The predicted molar refractivity (Wildman–Crippen MR) is 139 cm³/mol. The number of amides is 1. The van der Waals surface area contributed by atoms with Gasteiger partial charge in [-0.05, 0) is 75.1 Å². The first-order valence-electron chi connectivity index (χ1n) is 12.2. The summed E-state index contributed by atoms with van der Waals surface area (Å²) in [6.45, 7) is 9.90. The monoisotopic (exact) mass is 519 g/mol. The molecular weight excluding hydrogens is 486 g/mol. The molecule has 2 saturated heterocycles. The largest absolute Gasteiger partial charge is 0.494 e. The SMILES string of the molecule is CCOc1ccc(S(=O)(=O)N2CCC(C(=O)N3CCN(c4cc(Cl)ccc4C)CC3)CC2)cc1C. The highest BCUT2D eigenvalue weighted by Crippen LogP contribution is 2.29. The molecule has 0 bridgehead atoms. The molecule has 0 aromatic heterocycles. The van der Waals surface area contributed by atoms with Gasteiger partial charge in [-0.3, -0.25) is 4.79 Å². The van der Waals surface area contributed by atoms with E-state index in [-0.39, 0.29) is 16.7 Å². The van der Waals surface area contributed by atoms with E-state index in [1.165, 1.54) is 9.87 Å². The highest BCUT2D eigenvalue weighted by molar-refractivity contribution is 7.89. The van der Waals surface area contributed by atoms with Crippen LogP contribution in [-0.2, 0) is 14.8 Å². The van der Waals surface area contributed by atoms with Crippen LogP contribution in [0.2, 0.25) is 5.02 Å². The lowest BCUT2D eigenvalue weighted by Crippen LogP contribution is -2.52. The van der Waals surface area contributed by atoms with Crippen LogP contribution in [-0.4, -0.2) is 69.4 Å². The molecular formula is C26H34ClN3O4S. The van der Waals surface area contributed by atoms with Crippen LogP contribution in [0.1, 0.15) is 30.9 Å². The number of hydrogen-bond acceptors (Lipinski definition) is 5. The Labute approximate surface area is 213 Å². The molecule has 0 radical (unpaired) electrons. The summed E-state index contributed by atoms with van der Waals surface area (Å²) in [7, 11) is -3.60. The highest BCUT2D eigenvalue weighted by Gasteiger charge is 2.35. The number of piperazine rings is 1. The Balaban J connectivity index is 1.33. The zero-order chi connectivity index (χ0) is 25.2. The zero-order valence-electron chi connectivity index (χ0n) is 20.7. The van der Waals surface area contributed by atoms with E-state index in [4.69, 9.17) is 16.3 Å². The molecule has 2 aliphatic rings. The summed E-state index contributed by atoms with van der Waals surface area (Å²) in [6.07, 6.45) is 1.09. The second-order valence-electron chi connectivity index (χ2n) is 9.28. The first-order valence-corrected chi connectivity index (χ1v) is 14.1. The third kappa shape index (κ3) is 5.60. The average molecular weight is 520 g/mol. The number of carbonyl (C=O) groups excluding carboxylic acids is 1. The lowest BCUT2D eigenvalue weighted by atomic mass is 9.96. The molecule has 1 amide bonds. The Kier molecular flexibility index (Phi) is 7.93. The Morgan fingerprint density at radius 1 is 0.971 bits per heavy atom. The molecule has 2 aliphatic heterocycles. The van der Waals surface area contributed by atoms with E-state index in [1.54, 1.807) is 18.2 Å². The van der Waals surface area contributed by atoms with Gasteiger partial charge < -0.3 is 14.5 Å². The van der Waals surface area contributed by atoms with Crippen molar-refractivity contribution in [2.24, 2.45) is 5.92 Å². The minimum absolute atomic E-state index is 0.136. The van der Waals surface area contributed by atoms with Gasteiger partial charge in [-0.2, -0.15) is 4.31 Å². The number of aryl methyl sites for hydroxylation is 2. The van der Waals surface area contributed by atoms with Gasteiger partial charge in [0.2, 0.25) is 15.9 Å². The molecule has 0 aliphatic carbocycles. The van der Waals surface area contributed by atoms with E-state index in [9.17, 15) is 13.2 Å². The molecule has 190 valence electrons. The van der Waals surface area contributed by atoms with Crippen molar-refractivity contribution in [2.45, 2.75) is 38.5 Å². The van der Waals surface area contributed by atoms with Gasteiger partial charge in [0.15, 0.2) is 0 Å². The number of sulfonamides is 1. The topological polar surface area (TPSA) is 70.2 Å². The second-order valence-corrected chi connectivity index (χ2v) is 11.7. The fourth-order valence-electron chi connectivity index (χ4n) is 4.94. The number of ether oxygens (including phenoxy) is 1. The number of nitrogens with zero attached hydrogens (tertiary/aromatic N) is 3. The van der Waals surface area contributed by atoms with Crippen molar-refractivity contribution in [2.75, 3.05) is 50.8 Å². The van der Waals surface area contributed by atoms with Crippen LogP contribution in [0.4, 0.5) is 5.69 Å². The molecule has 0 N–H and O–H groups in total. The maximum Gasteiger partial charge on any atom is 0.243 e. The first-order chi connectivity index (χ1) is 16.7. The normalized spacial score (nSPS) is 18.1. The number of halogens is 1. The summed E-state index contributed by atoms with van der Waals surface area (Å²) in [4.78, 5) is 17.7. The maximum absolute atomic E-state index is 13.2. The first kappa shape index (κ1) is 25.8.